The van der Waals surface area contributed by atoms with Gasteiger partial charge in [-0.05, 0) is 54.1 Å². The molecular formula is C22H19ClN4O3. The SMILES string of the molecule is O=C(Nc1ncccc1OCc1ccncc1)C1CC(=O)N(c2ccc(Cl)cc2)C1. The van der Waals surface area contributed by atoms with Crippen LogP contribution in [0.1, 0.15) is 12.0 Å². The van der Waals surface area contributed by atoms with Crippen LogP contribution >= 0.6 is 11.6 Å². The topological polar surface area (TPSA) is 84.4 Å². The van der Waals surface area contributed by atoms with Crippen LogP contribution in [0.3, 0.4) is 0 Å². The number of nitrogens with one attached hydrogen (secondary N) is 1. The second kappa shape index (κ2) is 8.92. The summed E-state index contributed by atoms with van der Waals surface area (Å²) in [5.74, 6) is -0.0707. The van der Waals surface area contributed by atoms with E-state index in [1.54, 1.807) is 59.9 Å². The van der Waals surface area contributed by atoms with Gasteiger partial charge in [-0.3, -0.25) is 14.6 Å². The zero-order valence-electron chi connectivity index (χ0n) is 16.0. The molecule has 7 nitrogen and oxygen atoms in total. The van der Waals surface area contributed by atoms with Gasteiger partial charge in [-0.25, -0.2) is 4.98 Å². The molecule has 0 aliphatic carbocycles. The normalized spacial score (nSPS) is 15.8. The second-order valence-electron chi connectivity index (χ2n) is 6.87. The Hall–Kier alpha value is -3.45. The van der Waals surface area contributed by atoms with Gasteiger partial charge >= 0.3 is 0 Å². The number of nitrogens with zero attached hydrogens (tertiary/aromatic N) is 3. The Bertz CT molecular complexity index is 1040. The number of rotatable bonds is 6. The third kappa shape index (κ3) is 4.58. The average Bonchev–Trinajstić information content (AvgIpc) is 3.16. The van der Waals surface area contributed by atoms with Crippen LogP contribution in [0.4, 0.5) is 11.5 Å². The van der Waals surface area contributed by atoms with Gasteiger partial charge in [0.1, 0.15) is 6.61 Å². The molecule has 2 amide bonds. The first-order valence-electron chi connectivity index (χ1n) is 9.43. The fourth-order valence-electron chi connectivity index (χ4n) is 3.21. The highest BCUT2D eigenvalue weighted by Crippen LogP contribution is 2.28. The summed E-state index contributed by atoms with van der Waals surface area (Å²) in [5.41, 5.74) is 1.67. The lowest BCUT2D eigenvalue weighted by Gasteiger charge is -2.17. The quantitative estimate of drug-likeness (QED) is 0.654. The van der Waals surface area contributed by atoms with Gasteiger partial charge in [0.25, 0.3) is 0 Å². The smallest absolute Gasteiger partial charge is 0.231 e. The van der Waals surface area contributed by atoms with Crippen LogP contribution in [0.2, 0.25) is 5.02 Å². The molecule has 1 atom stereocenters. The summed E-state index contributed by atoms with van der Waals surface area (Å²) in [6.45, 7) is 0.621. The molecule has 0 spiro atoms. The van der Waals surface area contributed by atoms with Crippen LogP contribution in [0.15, 0.2) is 67.1 Å². The number of carbonyl (C=O) groups excluding carboxylic acids is 2. The molecule has 30 heavy (non-hydrogen) atoms. The summed E-state index contributed by atoms with van der Waals surface area (Å²) < 4.78 is 5.81. The maximum absolute atomic E-state index is 12.8. The van der Waals surface area contributed by atoms with E-state index in [-0.39, 0.29) is 18.2 Å². The third-order valence-corrected chi connectivity index (χ3v) is 5.04. The second-order valence-corrected chi connectivity index (χ2v) is 7.30. The highest BCUT2D eigenvalue weighted by molar-refractivity contribution is 6.30. The molecule has 1 fully saturated rings. The highest BCUT2D eigenvalue weighted by atomic mass is 35.5. The minimum Gasteiger partial charge on any atom is -0.485 e. The van der Waals surface area contributed by atoms with Crippen LogP contribution < -0.4 is 15.0 Å². The van der Waals surface area contributed by atoms with E-state index in [1.807, 2.05) is 12.1 Å². The predicted octanol–water partition coefficient (Wildman–Crippen LogP) is 3.70. The largest absolute Gasteiger partial charge is 0.485 e. The summed E-state index contributed by atoms with van der Waals surface area (Å²) in [6.07, 6.45) is 5.09. The van der Waals surface area contributed by atoms with E-state index in [1.165, 1.54) is 0 Å². The van der Waals surface area contributed by atoms with E-state index in [2.05, 4.69) is 15.3 Å². The van der Waals surface area contributed by atoms with Crippen LogP contribution in [-0.2, 0) is 16.2 Å². The van der Waals surface area contributed by atoms with E-state index in [9.17, 15) is 9.59 Å². The number of halogens is 1. The van der Waals surface area contributed by atoms with Crippen LogP contribution in [0, 0.1) is 5.92 Å². The zero-order chi connectivity index (χ0) is 20.9. The molecule has 2 aromatic heterocycles. The summed E-state index contributed by atoms with van der Waals surface area (Å²) in [4.78, 5) is 35.0. The van der Waals surface area contributed by atoms with Crippen molar-refractivity contribution in [3.8, 4) is 5.75 Å². The number of aromatic nitrogens is 2. The predicted molar refractivity (Wildman–Crippen MR) is 113 cm³/mol. The highest BCUT2D eigenvalue weighted by Gasteiger charge is 2.35. The number of anilines is 2. The van der Waals surface area contributed by atoms with Crippen molar-refractivity contribution in [2.75, 3.05) is 16.8 Å². The summed E-state index contributed by atoms with van der Waals surface area (Å²) in [7, 11) is 0. The number of amides is 2. The molecule has 0 radical (unpaired) electrons. The van der Waals surface area contributed by atoms with Gasteiger partial charge in [-0.15, -0.1) is 0 Å². The van der Waals surface area contributed by atoms with Crippen molar-refractivity contribution in [2.24, 2.45) is 5.92 Å². The Morgan fingerprint density at radius 2 is 1.90 bits per heavy atom. The fourth-order valence-corrected chi connectivity index (χ4v) is 3.34. The number of hydrogen-bond donors (Lipinski definition) is 1. The Morgan fingerprint density at radius 1 is 1.13 bits per heavy atom. The lowest BCUT2D eigenvalue weighted by atomic mass is 10.1. The molecule has 1 saturated heterocycles. The number of carbonyl (C=O) groups is 2. The van der Waals surface area contributed by atoms with Gasteiger partial charge in [0, 0.05) is 42.3 Å². The molecule has 0 bridgehead atoms. The molecule has 1 unspecified atom stereocenters. The van der Waals surface area contributed by atoms with E-state index < -0.39 is 5.92 Å². The van der Waals surface area contributed by atoms with E-state index in [0.717, 1.165) is 11.3 Å². The minimum absolute atomic E-state index is 0.104. The maximum atomic E-state index is 12.8. The standard InChI is InChI=1S/C22H19ClN4O3/c23-17-3-5-18(6-4-17)27-13-16(12-20(27)28)22(29)26-21-19(2-1-9-25-21)30-14-15-7-10-24-11-8-15/h1-11,16H,12-14H2,(H,25,26,29). The molecular weight excluding hydrogens is 404 g/mol. The van der Waals surface area contributed by atoms with Crippen molar-refractivity contribution in [1.82, 2.24) is 9.97 Å². The Balaban J connectivity index is 1.42. The van der Waals surface area contributed by atoms with E-state index in [0.29, 0.717) is 29.7 Å². The first kappa shape index (κ1) is 19.8. The van der Waals surface area contributed by atoms with E-state index >= 15 is 0 Å². The summed E-state index contributed by atoms with van der Waals surface area (Å²) in [5, 5.41) is 3.39. The average molecular weight is 423 g/mol. The van der Waals surface area contributed by atoms with Crippen LogP contribution in [0.5, 0.6) is 5.75 Å². The van der Waals surface area contributed by atoms with Gasteiger partial charge in [0.15, 0.2) is 11.6 Å². The molecule has 1 aliphatic rings. The lowest BCUT2D eigenvalue weighted by molar-refractivity contribution is -0.122. The monoisotopic (exact) mass is 422 g/mol. The fraction of sp³-hybridized carbons (Fsp3) is 0.182. The number of pyridine rings is 2. The Labute approximate surface area is 178 Å². The minimum atomic E-state index is -0.483. The Kier molecular flexibility index (Phi) is 5.90. The van der Waals surface area contributed by atoms with Gasteiger partial charge in [-0.1, -0.05) is 11.6 Å². The van der Waals surface area contributed by atoms with Crippen LogP contribution in [-0.4, -0.2) is 28.3 Å². The van der Waals surface area contributed by atoms with E-state index in [4.69, 9.17) is 16.3 Å². The van der Waals surface area contributed by atoms with Gasteiger partial charge in [0.05, 0.1) is 5.92 Å². The van der Waals surface area contributed by atoms with Crippen LogP contribution in [0.25, 0.3) is 0 Å². The first-order valence-corrected chi connectivity index (χ1v) is 9.81. The molecule has 1 N–H and O–H groups in total. The van der Waals surface area contributed by atoms with Crippen molar-refractivity contribution in [1.29, 1.82) is 0 Å². The van der Waals surface area contributed by atoms with Gasteiger partial charge in [0.2, 0.25) is 11.8 Å². The summed E-state index contributed by atoms with van der Waals surface area (Å²) >= 11 is 5.91. The third-order valence-electron chi connectivity index (χ3n) is 4.79. The molecule has 152 valence electrons. The lowest BCUT2D eigenvalue weighted by Crippen LogP contribution is -2.28. The number of ether oxygens (including phenoxy) is 1. The van der Waals surface area contributed by atoms with Gasteiger partial charge < -0.3 is 15.0 Å². The van der Waals surface area contributed by atoms with Crippen molar-refractivity contribution < 1.29 is 14.3 Å². The molecule has 8 heteroatoms. The van der Waals surface area contributed by atoms with Crippen molar-refractivity contribution in [3.05, 3.63) is 77.7 Å². The first-order chi connectivity index (χ1) is 14.6. The number of benzene rings is 1. The molecule has 1 aliphatic heterocycles. The van der Waals surface area contributed by atoms with Crippen molar-refractivity contribution in [3.63, 3.8) is 0 Å². The van der Waals surface area contributed by atoms with Crippen molar-refractivity contribution >= 4 is 34.9 Å². The molecule has 3 aromatic rings. The molecule has 3 heterocycles. The maximum Gasteiger partial charge on any atom is 0.231 e. The molecule has 1 aromatic carbocycles. The van der Waals surface area contributed by atoms with Gasteiger partial charge in [-0.2, -0.15) is 0 Å². The molecule has 4 rings (SSSR count). The Morgan fingerprint density at radius 3 is 2.67 bits per heavy atom. The molecule has 0 saturated carbocycles. The zero-order valence-corrected chi connectivity index (χ0v) is 16.7. The van der Waals surface area contributed by atoms with Crippen molar-refractivity contribution in [2.45, 2.75) is 13.0 Å². The number of hydrogen-bond acceptors (Lipinski definition) is 5. The summed E-state index contributed by atoms with van der Waals surface area (Å²) in [6, 6.07) is 14.2.